The van der Waals surface area contributed by atoms with Crippen LogP contribution in [0.15, 0.2) is 18.3 Å². The number of nitrogens with one attached hydrogen (secondary N) is 2. The first-order valence-electron chi connectivity index (χ1n) is 8.29. The summed E-state index contributed by atoms with van der Waals surface area (Å²) in [5, 5.41) is 5.50. The number of aryl methyl sites for hydroxylation is 1. The second-order valence-electron chi connectivity index (χ2n) is 6.66. The van der Waals surface area contributed by atoms with Crippen LogP contribution in [0.2, 0.25) is 0 Å². The summed E-state index contributed by atoms with van der Waals surface area (Å²) < 4.78 is 0. The summed E-state index contributed by atoms with van der Waals surface area (Å²) in [4.78, 5) is 42.4. The average molecular weight is 330 g/mol. The van der Waals surface area contributed by atoms with Crippen LogP contribution in [0.4, 0.5) is 10.6 Å². The molecule has 0 unspecified atom stereocenters. The number of imide groups is 1. The number of anilines is 1. The molecule has 1 saturated carbocycles. The minimum Gasteiger partial charge on any atom is -0.323 e. The fraction of sp³-hybridized carbons (Fsp3) is 0.529. The fourth-order valence-electron chi connectivity index (χ4n) is 3.57. The molecule has 0 bridgehead atoms. The summed E-state index contributed by atoms with van der Waals surface area (Å²) in [7, 11) is 0. The van der Waals surface area contributed by atoms with E-state index in [9.17, 15) is 14.4 Å². The first-order chi connectivity index (χ1) is 11.4. The summed E-state index contributed by atoms with van der Waals surface area (Å²) in [6.07, 6.45) is 5.08. The van der Waals surface area contributed by atoms with Crippen molar-refractivity contribution < 1.29 is 14.4 Å². The lowest BCUT2D eigenvalue weighted by Crippen LogP contribution is -2.54. The zero-order valence-corrected chi connectivity index (χ0v) is 14.0. The van der Waals surface area contributed by atoms with E-state index in [4.69, 9.17) is 0 Å². The lowest BCUT2D eigenvalue weighted by molar-refractivity contribution is -0.136. The molecule has 4 amide bonds. The van der Waals surface area contributed by atoms with Gasteiger partial charge >= 0.3 is 6.03 Å². The molecule has 1 aromatic rings. The molecule has 2 fully saturated rings. The van der Waals surface area contributed by atoms with Gasteiger partial charge in [-0.2, -0.15) is 0 Å². The van der Waals surface area contributed by atoms with Gasteiger partial charge in [-0.05, 0) is 37.3 Å². The Labute approximate surface area is 140 Å². The van der Waals surface area contributed by atoms with Crippen LogP contribution in [0.25, 0.3) is 0 Å². The lowest BCUT2D eigenvalue weighted by atomic mass is 9.73. The van der Waals surface area contributed by atoms with Gasteiger partial charge in [0.25, 0.3) is 5.91 Å². The number of carbonyl (C=O) groups excluding carboxylic acids is 3. The van der Waals surface area contributed by atoms with E-state index < -0.39 is 17.5 Å². The van der Waals surface area contributed by atoms with Gasteiger partial charge < -0.3 is 10.6 Å². The molecule has 1 aromatic heterocycles. The Morgan fingerprint density at radius 2 is 2.25 bits per heavy atom. The van der Waals surface area contributed by atoms with Crippen molar-refractivity contribution in [3.63, 3.8) is 0 Å². The molecular weight excluding hydrogens is 308 g/mol. The van der Waals surface area contributed by atoms with E-state index in [-0.39, 0.29) is 18.4 Å². The highest BCUT2D eigenvalue weighted by molar-refractivity contribution is 6.10. The molecule has 2 atom stereocenters. The molecule has 1 saturated heterocycles. The van der Waals surface area contributed by atoms with Crippen molar-refractivity contribution in [2.24, 2.45) is 5.92 Å². The summed E-state index contributed by atoms with van der Waals surface area (Å²) in [5.41, 5.74) is -0.0169. The van der Waals surface area contributed by atoms with Crippen LogP contribution < -0.4 is 10.6 Å². The second kappa shape index (κ2) is 6.22. The van der Waals surface area contributed by atoms with Gasteiger partial charge in [-0.15, -0.1) is 0 Å². The molecule has 128 valence electrons. The third-order valence-electron chi connectivity index (χ3n) is 5.07. The number of rotatable bonds is 3. The van der Waals surface area contributed by atoms with Gasteiger partial charge in [0.1, 0.15) is 17.9 Å². The number of amides is 4. The van der Waals surface area contributed by atoms with Gasteiger partial charge in [0, 0.05) is 6.20 Å². The molecule has 1 aliphatic carbocycles. The molecule has 2 aliphatic rings. The number of pyridine rings is 1. The van der Waals surface area contributed by atoms with E-state index in [2.05, 4.69) is 15.6 Å². The van der Waals surface area contributed by atoms with E-state index in [1.54, 1.807) is 12.3 Å². The number of hydrogen-bond acceptors (Lipinski definition) is 4. The number of carbonyl (C=O) groups is 3. The predicted octanol–water partition coefficient (Wildman–Crippen LogP) is 1.83. The van der Waals surface area contributed by atoms with E-state index >= 15 is 0 Å². The number of urea groups is 1. The molecule has 24 heavy (non-hydrogen) atoms. The smallest absolute Gasteiger partial charge is 0.323 e. The molecule has 1 aliphatic heterocycles. The Balaban J connectivity index is 1.71. The first kappa shape index (κ1) is 16.4. The van der Waals surface area contributed by atoms with Crippen molar-refractivity contribution in [2.75, 3.05) is 11.9 Å². The minimum absolute atomic E-state index is 0.0776. The van der Waals surface area contributed by atoms with Crippen LogP contribution in [-0.2, 0) is 9.59 Å². The zero-order chi connectivity index (χ0) is 17.3. The lowest BCUT2D eigenvalue weighted by Gasteiger charge is -2.36. The van der Waals surface area contributed by atoms with E-state index in [1.165, 1.54) is 0 Å². The summed E-state index contributed by atoms with van der Waals surface area (Å²) in [6.45, 7) is 3.52. The van der Waals surface area contributed by atoms with Crippen LogP contribution in [0.3, 0.4) is 0 Å². The highest BCUT2D eigenvalue weighted by atomic mass is 16.2. The van der Waals surface area contributed by atoms with Crippen LogP contribution in [-0.4, -0.2) is 39.8 Å². The van der Waals surface area contributed by atoms with Gasteiger partial charge in [-0.25, -0.2) is 9.78 Å². The van der Waals surface area contributed by atoms with Crippen molar-refractivity contribution in [3.05, 3.63) is 23.9 Å². The molecule has 2 heterocycles. The highest BCUT2D eigenvalue weighted by Crippen LogP contribution is 2.38. The number of aromatic nitrogens is 1. The van der Waals surface area contributed by atoms with Crippen LogP contribution in [0.5, 0.6) is 0 Å². The van der Waals surface area contributed by atoms with E-state index in [0.29, 0.717) is 12.2 Å². The highest BCUT2D eigenvalue weighted by Gasteiger charge is 2.55. The first-order valence-corrected chi connectivity index (χ1v) is 8.29. The van der Waals surface area contributed by atoms with Gasteiger partial charge in [-0.3, -0.25) is 14.5 Å². The van der Waals surface area contributed by atoms with E-state index in [0.717, 1.165) is 29.7 Å². The normalized spacial score (nSPS) is 26.6. The van der Waals surface area contributed by atoms with E-state index in [1.807, 2.05) is 19.9 Å². The summed E-state index contributed by atoms with van der Waals surface area (Å²) in [5.74, 6) is -0.197. The Morgan fingerprint density at radius 1 is 1.46 bits per heavy atom. The van der Waals surface area contributed by atoms with Gasteiger partial charge in [0.05, 0.1) is 0 Å². The molecule has 1 spiro atoms. The topological polar surface area (TPSA) is 91.4 Å². The fourth-order valence-corrected chi connectivity index (χ4v) is 3.57. The van der Waals surface area contributed by atoms with Crippen molar-refractivity contribution in [2.45, 2.75) is 45.1 Å². The molecule has 0 aromatic carbocycles. The molecular formula is C17H22N4O3. The molecule has 7 nitrogen and oxygen atoms in total. The SMILES string of the molecule is Cc1cccnc1NC(=O)CN1C(=O)N[C@@]2(CCCC[C@@H]2C)C1=O. The van der Waals surface area contributed by atoms with Gasteiger partial charge in [-0.1, -0.05) is 25.8 Å². The zero-order valence-electron chi connectivity index (χ0n) is 14.0. The Bertz CT molecular complexity index is 690. The third-order valence-corrected chi connectivity index (χ3v) is 5.07. The largest absolute Gasteiger partial charge is 0.325 e. The molecule has 0 radical (unpaired) electrons. The van der Waals surface area contributed by atoms with Gasteiger partial charge in [0.15, 0.2) is 0 Å². The summed E-state index contributed by atoms with van der Waals surface area (Å²) >= 11 is 0. The number of nitrogens with zero attached hydrogens (tertiary/aromatic N) is 2. The maximum atomic E-state index is 12.8. The standard InChI is InChI=1S/C17H22N4O3/c1-11-6-5-9-18-14(11)19-13(22)10-21-15(23)17(20-16(21)24)8-4-3-7-12(17)2/h5-6,9,12H,3-4,7-8,10H2,1-2H3,(H,20,24)(H,18,19,22)/t12-,17+/m0/s1. The predicted molar refractivity (Wildman–Crippen MR) is 88.2 cm³/mol. The molecule has 2 N–H and O–H groups in total. The Morgan fingerprint density at radius 3 is 2.96 bits per heavy atom. The van der Waals surface area contributed by atoms with Crippen LogP contribution in [0.1, 0.15) is 38.2 Å². The van der Waals surface area contributed by atoms with Crippen molar-refractivity contribution in [1.82, 2.24) is 15.2 Å². The summed E-state index contributed by atoms with van der Waals surface area (Å²) in [6, 6.07) is 3.12. The van der Waals surface area contributed by atoms with Gasteiger partial charge in [0.2, 0.25) is 5.91 Å². The Hall–Kier alpha value is -2.44. The maximum Gasteiger partial charge on any atom is 0.325 e. The molecule has 7 heteroatoms. The maximum absolute atomic E-state index is 12.8. The minimum atomic E-state index is -0.837. The monoisotopic (exact) mass is 330 g/mol. The molecule has 3 rings (SSSR count). The van der Waals surface area contributed by atoms with Crippen LogP contribution >= 0.6 is 0 Å². The average Bonchev–Trinajstić information content (AvgIpc) is 2.78. The quantitative estimate of drug-likeness (QED) is 0.827. The third kappa shape index (κ3) is 2.74. The van der Waals surface area contributed by atoms with Crippen molar-refractivity contribution in [3.8, 4) is 0 Å². The van der Waals surface area contributed by atoms with Crippen molar-refractivity contribution in [1.29, 1.82) is 0 Å². The van der Waals surface area contributed by atoms with Crippen molar-refractivity contribution >= 4 is 23.7 Å². The number of hydrogen-bond donors (Lipinski definition) is 2. The second-order valence-corrected chi connectivity index (χ2v) is 6.66. The Kier molecular flexibility index (Phi) is 4.26. The van der Waals surface area contributed by atoms with Crippen LogP contribution in [0, 0.1) is 12.8 Å².